The van der Waals surface area contributed by atoms with Crippen LogP contribution >= 0.6 is 0 Å². The van der Waals surface area contributed by atoms with Crippen molar-refractivity contribution in [2.24, 2.45) is 0 Å². The molecule has 2 heterocycles. The molecule has 26 heavy (non-hydrogen) atoms. The maximum atomic E-state index is 9.25. The van der Waals surface area contributed by atoms with Crippen molar-refractivity contribution in [1.29, 1.82) is 0 Å². The molecule has 0 saturated heterocycles. The fraction of sp³-hybridized carbons (Fsp3) is 0.278. The zero-order chi connectivity index (χ0) is 18.4. The van der Waals surface area contributed by atoms with E-state index in [9.17, 15) is 5.11 Å². The first-order valence-corrected chi connectivity index (χ1v) is 8.20. The highest BCUT2D eigenvalue weighted by Crippen LogP contribution is 2.31. The van der Waals surface area contributed by atoms with Crippen molar-refractivity contribution in [2.75, 3.05) is 32.3 Å². The minimum atomic E-state index is 0.0772. The van der Waals surface area contributed by atoms with Crippen LogP contribution in [0.4, 0.5) is 11.8 Å². The topological polar surface area (TPSA) is 85.5 Å². The third-order valence-corrected chi connectivity index (χ3v) is 3.88. The highest BCUT2D eigenvalue weighted by Gasteiger charge is 2.18. The van der Waals surface area contributed by atoms with Gasteiger partial charge in [-0.2, -0.15) is 5.10 Å². The van der Waals surface area contributed by atoms with Crippen LogP contribution in [0.2, 0.25) is 0 Å². The number of hydrogen-bond acceptors (Lipinski definition) is 7. The summed E-state index contributed by atoms with van der Waals surface area (Å²) < 4.78 is 12.6. The summed E-state index contributed by atoms with van der Waals surface area (Å²) in [7, 11) is 3.20. The van der Waals surface area contributed by atoms with Crippen LogP contribution in [0.1, 0.15) is 6.42 Å². The van der Waals surface area contributed by atoms with Gasteiger partial charge in [-0.05, 0) is 30.7 Å². The lowest BCUT2D eigenvalue weighted by Gasteiger charge is -2.23. The molecule has 8 heteroatoms. The summed E-state index contributed by atoms with van der Waals surface area (Å²) in [6, 6.07) is 9.33. The smallest absolute Gasteiger partial charge is 0.215 e. The van der Waals surface area contributed by atoms with Gasteiger partial charge in [0.1, 0.15) is 0 Å². The second-order valence-corrected chi connectivity index (χ2v) is 5.45. The molecule has 1 aromatic carbocycles. The van der Waals surface area contributed by atoms with E-state index in [4.69, 9.17) is 9.47 Å². The number of aliphatic hydroxyl groups excluding tert-OH is 1. The Hall–Kier alpha value is -3.13. The highest BCUT2D eigenvalue weighted by molar-refractivity contribution is 5.57. The van der Waals surface area contributed by atoms with E-state index in [0.717, 1.165) is 5.69 Å². The fourth-order valence-electron chi connectivity index (χ4n) is 2.65. The molecule has 0 amide bonds. The van der Waals surface area contributed by atoms with Crippen LogP contribution in [0, 0.1) is 0 Å². The number of aromatic nitrogens is 4. The van der Waals surface area contributed by atoms with Gasteiger partial charge < -0.3 is 14.6 Å². The summed E-state index contributed by atoms with van der Waals surface area (Å²) in [4.78, 5) is 6.40. The molecule has 0 aliphatic heterocycles. The summed E-state index contributed by atoms with van der Waals surface area (Å²) in [5, 5.41) is 17.4. The van der Waals surface area contributed by atoms with E-state index >= 15 is 0 Å². The Morgan fingerprint density at radius 1 is 1.12 bits per heavy atom. The minimum absolute atomic E-state index is 0.0772. The summed E-state index contributed by atoms with van der Waals surface area (Å²) in [6.07, 6.45) is 5.77. The average Bonchev–Trinajstić information content (AvgIpc) is 3.18. The van der Waals surface area contributed by atoms with Gasteiger partial charge in [-0.25, -0.2) is 4.98 Å². The zero-order valence-corrected chi connectivity index (χ0v) is 14.7. The van der Waals surface area contributed by atoms with Gasteiger partial charge in [0, 0.05) is 37.8 Å². The Morgan fingerprint density at radius 3 is 2.65 bits per heavy atom. The monoisotopic (exact) mass is 355 g/mol. The molecule has 0 fully saturated rings. The zero-order valence-electron chi connectivity index (χ0n) is 14.7. The molecule has 0 aliphatic rings. The van der Waals surface area contributed by atoms with Gasteiger partial charge >= 0.3 is 0 Å². The van der Waals surface area contributed by atoms with Crippen molar-refractivity contribution in [3.63, 3.8) is 0 Å². The Kier molecular flexibility index (Phi) is 5.65. The quantitative estimate of drug-likeness (QED) is 0.663. The van der Waals surface area contributed by atoms with Gasteiger partial charge in [-0.15, -0.1) is 5.10 Å². The molecule has 0 radical (unpaired) electrons. The predicted molar refractivity (Wildman–Crippen MR) is 97.4 cm³/mol. The normalized spacial score (nSPS) is 10.6. The number of anilines is 2. The highest BCUT2D eigenvalue weighted by atomic mass is 16.5. The van der Waals surface area contributed by atoms with Crippen LogP contribution in [-0.2, 0) is 0 Å². The van der Waals surface area contributed by atoms with Crippen LogP contribution in [-0.4, -0.2) is 52.2 Å². The van der Waals surface area contributed by atoms with Crippen LogP contribution in [0.5, 0.6) is 11.5 Å². The van der Waals surface area contributed by atoms with Crippen LogP contribution < -0.4 is 14.4 Å². The second-order valence-electron chi connectivity index (χ2n) is 5.45. The van der Waals surface area contributed by atoms with E-state index in [0.29, 0.717) is 36.2 Å². The third kappa shape index (κ3) is 3.60. The van der Waals surface area contributed by atoms with Gasteiger partial charge in [0.2, 0.25) is 5.95 Å². The van der Waals surface area contributed by atoms with Crippen molar-refractivity contribution < 1.29 is 14.6 Å². The molecule has 1 N–H and O–H groups in total. The third-order valence-electron chi connectivity index (χ3n) is 3.88. The van der Waals surface area contributed by atoms with Gasteiger partial charge in [0.15, 0.2) is 17.3 Å². The first-order valence-electron chi connectivity index (χ1n) is 8.20. The number of ether oxygens (including phenoxy) is 2. The molecule has 0 saturated carbocycles. The summed E-state index contributed by atoms with van der Waals surface area (Å²) in [5.41, 5.74) is 0.869. The van der Waals surface area contributed by atoms with Crippen LogP contribution in [0.15, 0.2) is 48.9 Å². The number of aliphatic hydroxyl groups is 1. The van der Waals surface area contributed by atoms with E-state index in [-0.39, 0.29) is 6.61 Å². The Labute approximate surface area is 151 Å². The van der Waals surface area contributed by atoms with Gasteiger partial charge in [-0.1, -0.05) is 0 Å². The first kappa shape index (κ1) is 17.7. The lowest BCUT2D eigenvalue weighted by Crippen LogP contribution is -2.24. The van der Waals surface area contributed by atoms with Crippen molar-refractivity contribution in [1.82, 2.24) is 19.7 Å². The molecule has 2 aromatic heterocycles. The number of methoxy groups -OCH3 is 2. The van der Waals surface area contributed by atoms with Gasteiger partial charge in [-0.3, -0.25) is 9.47 Å². The molecule has 0 bridgehead atoms. The number of hydrogen-bond donors (Lipinski definition) is 1. The molecular formula is C18H21N5O3. The number of benzene rings is 1. The summed E-state index contributed by atoms with van der Waals surface area (Å²) in [6.45, 7) is 0.632. The number of nitrogens with zero attached hydrogens (tertiary/aromatic N) is 5. The van der Waals surface area contributed by atoms with Crippen molar-refractivity contribution >= 4 is 11.8 Å². The Bertz CT molecular complexity index is 838. The minimum Gasteiger partial charge on any atom is -0.493 e. The fourth-order valence-corrected chi connectivity index (χ4v) is 2.65. The van der Waals surface area contributed by atoms with E-state index in [2.05, 4.69) is 15.2 Å². The average molecular weight is 355 g/mol. The standard InChI is InChI=1S/C18H21N5O3/c1-25-15-7-6-14(13-16(15)26-2)22-11-9-19-18(22)23(10-4-12-24)17-5-3-8-20-21-17/h3,5-9,11,13,24H,4,10,12H2,1-2H3. The maximum Gasteiger partial charge on any atom is 0.215 e. The molecule has 0 unspecified atom stereocenters. The largest absolute Gasteiger partial charge is 0.493 e. The van der Waals surface area contributed by atoms with Crippen molar-refractivity contribution in [2.45, 2.75) is 6.42 Å². The molecule has 0 aliphatic carbocycles. The second kappa shape index (κ2) is 8.30. The summed E-state index contributed by atoms with van der Waals surface area (Å²) in [5.74, 6) is 2.62. The number of rotatable bonds is 8. The molecule has 3 aromatic rings. The number of imidazole rings is 1. The molecule has 0 atom stereocenters. The Balaban J connectivity index is 2.03. The molecule has 0 spiro atoms. The molecule has 3 rings (SSSR count). The van der Waals surface area contributed by atoms with E-state index in [1.807, 2.05) is 46.0 Å². The van der Waals surface area contributed by atoms with E-state index < -0.39 is 0 Å². The first-order chi connectivity index (χ1) is 12.8. The lowest BCUT2D eigenvalue weighted by molar-refractivity contribution is 0.290. The van der Waals surface area contributed by atoms with Crippen molar-refractivity contribution in [3.05, 3.63) is 48.9 Å². The maximum absolute atomic E-state index is 9.25. The van der Waals surface area contributed by atoms with Gasteiger partial charge in [0.25, 0.3) is 0 Å². The molecule has 8 nitrogen and oxygen atoms in total. The molecule has 136 valence electrons. The van der Waals surface area contributed by atoms with Crippen LogP contribution in [0.25, 0.3) is 5.69 Å². The SMILES string of the molecule is COc1ccc(-n2ccnc2N(CCCO)c2cccnn2)cc1OC. The predicted octanol–water partition coefficient (Wildman–Crippen LogP) is 2.20. The van der Waals surface area contributed by atoms with E-state index in [1.165, 1.54) is 0 Å². The Morgan fingerprint density at radius 2 is 1.96 bits per heavy atom. The van der Waals surface area contributed by atoms with Gasteiger partial charge in [0.05, 0.1) is 19.9 Å². The van der Waals surface area contributed by atoms with Crippen LogP contribution in [0.3, 0.4) is 0 Å². The van der Waals surface area contributed by atoms with E-state index in [1.54, 1.807) is 26.6 Å². The van der Waals surface area contributed by atoms with Crippen molar-refractivity contribution in [3.8, 4) is 17.2 Å². The summed E-state index contributed by atoms with van der Waals surface area (Å²) >= 11 is 0. The lowest BCUT2D eigenvalue weighted by atomic mass is 10.2. The molecular weight excluding hydrogens is 334 g/mol.